The van der Waals surface area contributed by atoms with E-state index in [1.165, 1.54) is 17.7 Å². The second-order valence-electron chi connectivity index (χ2n) is 6.03. The monoisotopic (exact) mass is 249 g/mol. The molecule has 0 amide bonds. The standard InChI is InChI=1S/C16H24FN/c1-12(2)14(11-18-16(3,4)5)10-13-6-8-15(17)9-7-13/h6-10,12,18H,11H2,1-5H3. The number of rotatable bonds is 4. The maximum Gasteiger partial charge on any atom is 0.123 e. The van der Waals surface area contributed by atoms with Crippen LogP contribution in [0.1, 0.15) is 40.2 Å². The first-order valence-electron chi connectivity index (χ1n) is 6.49. The topological polar surface area (TPSA) is 12.0 Å². The number of nitrogens with one attached hydrogen (secondary N) is 1. The molecule has 0 aromatic heterocycles. The third kappa shape index (κ3) is 5.46. The molecule has 1 aromatic carbocycles. The Morgan fingerprint density at radius 1 is 1.22 bits per heavy atom. The molecule has 1 nitrogen and oxygen atoms in total. The minimum atomic E-state index is -0.189. The van der Waals surface area contributed by atoms with E-state index in [0.717, 1.165) is 12.1 Å². The van der Waals surface area contributed by atoms with Crippen LogP contribution >= 0.6 is 0 Å². The smallest absolute Gasteiger partial charge is 0.123 e. The lowest BCUT2D eigenvalue weighted by molar-refractivity contribution is 0.437. The van der Waals surface area contributed by atoms with Gasteiger partial charge in [0.1, 0.15) is 5.82 Å². The van der Waals surface area contributed by atoms with Gasteiger partial charge in [0.2, 0.25) is 0 Å². The lowest BCUT2D eigenvalue weighted by Gasteiger charge is -2.23. The number of hydrogen-bond acceptors (Lipinski definition) is 1. The summed E-state index contributed by atoms with van der Waals surface area (Å²) in [7, 11) is 0. The average Bonchev–Trinajstić information content (AvgIpc) is 2.25. The summed E-state index contributed by atoms with van der Waals surface area (Å²) >= 11 is 0. The van der Waals surface area contributed by atoms with Crippen molar-refractivity contribution in [2.75, 3.05) is 6.54 Å². The molecule has 0 aliphatic carbocycles. The van der Waals surface area contributed by atoms with Crippen LogP contribution in [0, 0.1) is 11.7 Å². The fourth-order valence-electron chi connectivity index (χ4n) is 1.56. The second-order valence-corrected chi connectivity index (χ2v) is 6.03. The van der Waals surface area contributed by atoms with Crippen LogP contribution in [0.5, 0.6) is 0 Å². The Morgan fingerprint density at radius 3 is 2.22 bits per heavy atom. The summed E-state index contributed by atoms with van der Waals surface area (Å²) in [5.74, 6) is 0.288. The van der Waals surface area contributed by atoms with Crippen LogP contribution in [0.25, 0.3) is 6.08 Å². The van der Waals surface area contributed by atoms with Crippen molar-refractivity contribution in [3.63, 3.8) is 0 Å². The van der Waals surface area contributed by atoms with Crippen molar-refractivity contribution in [1.29, 1.82) is 0 Å². The average molecular weight is 249 g/mol. The Kier molecular flexibility index (Phi) is 5.09. The quantitative estimate of drug-likeness (QED) is 0.841. The number of halogens is 1. The molecule has 0 bridgehead atoms. The van der Waals surface area contributed by atoms with E-state index in [4.69, 9.17) is 0 Å². The molecule has 1 rings (SSSR count). The fraction of sp³-hybridized carbons (Fsp3) is 0.500. The van der Waals surface area contributed by atoms with Gasteiger partial charge in [-0.25, -0.2) is 4.39 Å². The lowest BCUT2D eigenvalue weighted by Crippen LogP contribution is -2.37. The maximum absolute atomic E-state index is 12.9. The summed E-state index contributed by atoms with van der Waals surface area (Å²) in [6.07, 6.45) is 2.14. The molecular weight excluding hydrogens is 225 g/mol. The summed E-state index contributed by atoms with van der Waals surface area (Å²) < 4.78 is 12.9. The van der Waals surface area contributed by atoms with Gasteiger partial charge in [-0.1, -0.05) is 37.6 Å². The molecule has 0 heterocycles. The van der Waals surface area contributed by atoms with E-state index in [1.54, 1.807) is 0 Å². The van der Waals surface area contributed by atoms with Crippen molar-refractivity contribution < 1.29 is 4.39 Å². The first-order valence-corrected chi connectivity index (χ1v) is 6.49. The highest BCUT2D eigenvalue weighted by Crippen LogP contribution is 2.15. The van der Waals surface area contributed by atoms with Crippen molar-refractivity contribution in [2.24, 2.45) is 5.92 Å². The molecule has 0 aliphatic rings. The molecule has 2 heteroatoms. The number of hydrogen-bond donors (Lipinski definition) is 1. The van der Waals surface area contributed by atoms with Crippen LogP contribution in [0.15, 0.2) is 29.8 Å². The Labute approximate surface area is 110 Å². The highest BCUT2D eigenvalue weighted by molar-refractivity contribution is 5.53. The summed E-state index contributed by atoms with van der Waals surface area (Å²) in [5.41, 5.74) is 2.49. The predicted molar refractivity (Wildman–Crippen MR) is 77.0 cm³/mol. The Bertz CT molecular complexity index is 396. The number of benzene rings is 1. The third-order valence-electron chi connectivity index (χ3n) is 2.79. The van der Waals surface area contributed by atoms with Gasteiger partial charge < -0.3 is 5.32 Å². The van der Waals surface area contributed by atoms with Crippen LogP contribution in [-0.4, -0.2) is 12.1 Å². The molecule has 0 radical (unpaired) electrons. The second kappa shape index (κ2) is 6.14. The minimum absolute atomic E-state index is 0.108. The zero-order chi connectivity index (χ0) is 13.8. The van der Waals surface area contributed by atoms with Gasteiger partial charge >= 0.3 is 0 Å². The fourth-order valence-corrected chi connectivity index (χ4v) is 1.56. The molecule has 0 spiro atoms. The molecule has 1 N–H and O–H groups in total. The highest BCUT2D eigenvalue weighted by atomic mass is 19.1. The normalized spacial score (nSPS) is 13.2. The van der Waals surface area contributed by atoms with Crippen molar-refractivity contribution in [3.8, 4) is 0 Å². The van der Waals surface area contributed by atoms with Gasteiger partial charge in [0.15, 0.2) is 0 Å². The summed E-state index contributed by atoms with van der Waals surface area (Å²) in [5, 5.41) is 3.49. The summed E-state index contributed by atoms with van der Waals surface area (Å²) in [4.78, 5) is 0. The van der Waals surface area contributed by atoms with Crippen molar-refractivity contribution in [3.05, 3.63) is 41.2 Å². The molecule has 0 unspecified atom stereocenters. The van der Waals surface area contributed by atoms with E-state index in [1.807, 2.05) is 12.1 Å². The molecule has 18 heavy (non-hydrogen) atoms. The van der Waals surface area contributed by atoms with Crippen LogP contribution in [0.2, 0.25) is 0 Å². The first kappa shape index (κ1) is 14.9. The van der Waals surface area contributed by atoms with Gasteiger partial charge in [0.25, 0.3) is 0 Å². The largest absolute Gasteiger partial charge is 0.308 e. The Hall–Kier alpha value is -1.15. The molecule has 0 saturated carbocycles. The lowest BCUT2D eigenvalue weighted by atomic mass is 9.98. The molecule has 1 aromatic rings. The van der Waals surface area contributed by atoms with Gasteiger partial charge in [0.05, 0.1) is 0 Å². The summed E-state index contributed by atoms with van der Waals surface area (Å²) in [6, 6.07) is 6.63. The molecule has 0 saturated heterocycles. The van der Waals surface area contributed by atoms with Crippen LogP contribution in [-0.2, 0) is 0 Å². The molecule has 0 aliphatic heterocycles. The highest BCUT2D eigenvalue weighted by Gasteiger charge is 2.11. The Balaban J connectivity index is 2.81. The van der Waals surface area contributed by atoms with Gasteiger partial charge in [0, 0.05) is 12.1 Å². The zero-order valence-corrected chi connectivity index (χ0v) is 12.0. The van der Waals surface area contributed by atoms with E-state index in [9.17, 15) is 4.39 Å². The van der Waals surface area contributed by atoms with Crippen molar-refractivity contribution >= 4 is 6.08 Å². The molecular formula is C16H24FN. The maximum atomic E-state index is 12.9. The van der Waals surface area contributed by atoms with E-state index >= 15 is 0 Å². The zero-order valence-electron chi connectivity index (χ0n) is 12.0. The van der Waals surface area contributed by atoms with E-state index in [2.05, 4.69) is 46.0 Å². The van der Waals surface area contributed by atoms with Crippen LogP contribution < -0.4 is 5.32 Å². The first-order chi connectivity index (χ1) is 8.28. The summed E-state index contributed by atoms with van der Waals surface area (Å²) in [6.45, 7) is 11.7. The van der Waals surface area contributed by atoms with Gasteiger partial charge in [-0.3, -0.25) is 0 Å². The van der Waals surface area contributed by atoms with Crippen molar-refractivity contribution in [2.45, 2.75) is 40.2 Å². The SMILES string of the molecule is CC(C)C(=Cc1ccc(F)cc1)CNC(C)(C)C. The van der Waals surface area contributed by atoms with Gasteiger partial charge in [-0.05, 0) is 44.4 Å². The molecule has 0 fully saturated rings. The minimum Gasteiger partial charge on any atom is -0.308 e. The predicted octanol–water partition coefficient (Wildman–Crippen LogP) is 4.25. The van der Waals surface area contributed by atoms with Gasteiger partial charge in [-0.2, -0.15) is 0 Å². The molecule has 100 valence electrons. The molecule has 0 atom stereocenters. The third-order valence-corrected chi connectivity index (χ3v) is 2.79. The van der Waals surface area contributed by atoms with E-state index in [0.29, 0.717) is 5.92 Å². The van der Waals surface area contributed by atoms with Gasteiger partial charge in [-0.15, -0.1) is 0 Å². The Morgan fingerprint density at radius 2 is 1.78 bits per heavy atom. The van der Waals surface area contributed by atoms with E-state index in [-0.39, 0.29) is 11.4 Å². The van der Waals surface area contributed by atoms with Crippen LogP contribution in [0.4, 0.5) is 4.39 Å². The van der Waals surface area contributed by atoms with Crippen molar-refractivity contribution in [1.82, 2.24) is 5.32 Å². The van der Waals surface area contributed by atoms with Crippen LogP contribution in [0.3, 0.4) is 0 Å². The van der Waals surface area contributed by atoms with E-state index < -0.39 is 0 Å².